The summed E-state index contributed by atoms with van der Waals surface area (Å²) < 4.78 is 0. The lowest BCUT2D eigenvalue weighted by Crippen LogP contribution is -2.44. The van der Waals surface area contributed by atoms with Crippen LogP contribution in [0.3, 0.4) is 0 Å². The second kappa shape index (κ2) is 5.19. The molecule has 1 fully saturated rings. The van der Waals surface area contributed by atoms with Gasteiger partial charge in [-0.3, -0.25) is 4.79 Å². The molecule has 0 aromatic heterocycles. The normalized spacial score (nSPS) is 24.1. The van der Waals surface area contributed by atoms with E-state index in [0.29, 0.717) is 22.2 Å². The lowest BCUT2D eigenvalue weighted by Gasteiger charge is -2.36. The van der Waals surface area contributed by atoms with E-state index < -0.39 is 0 Å². The third kappa shape index (κ3) is 2.61. The number of nitrogen functional groups attached to an aromatic ring is 1. The number of anilines is 1. The van der Waals surface area contributed by atoms with E-state index in [1.165, 1.54) is 0 Å². The van der Waals surface area contributed by atoms with Crippen LogP contribution in [-0.4, -0.2) is 23.4 Å². The fraction of sp³-hybridized carbons (Fsp3) is 0.500. The maximum atomic E-state index is 12.5. The topological polar surface area (TPSA) is 46.3 Å². The molecule has 2 rings (SSSR count). The van der Waals surface area contributed by atoms with Crippen molar-refractivity contribution in [2.24, 2.45) is 5.92 Å². The molecule has 3 nitrogen and oxygen atoms in total. The number of hydrogen-bond acceptors (Lipinski definition) is 2. The highest BCUT2D eigenvalue weighted by molar-refractivity contribution is 6.31. The number of piperidine rings is 1. The highest BCUT2D eigenvalue weighted by atomic mass is 35.5. The van der Waals surface area contributed by atoms with Crippen LogP contribution in [-0.2, 0) is 0 Å². The molecule has 98 valence electrons. The average molecular weight is 267 g/mol. The first-order valence-electron chi connectivity index (χ1n) is 6.35. The molecule has 1 aliphatic heterocycles. The Morgan fingerprint density at radius 2 is 2.17 bits per heavy atom. The number of carbonyl (C=O) groups excluding carboxylic acids is 1. The van der Waals surface area contributed by atoms with E-state index in [1.807, 2.05) is 4.90 Å². The molecule has 0 saturated carbocycles. The van der Waals surface area contributed by atoms with Crippen LogP contribution in [0.25, 0.3) is 0 Å². The maximum absolute atomic E-state index is 12.5. The number of carbonyl (C=O) groups is 1. The quantitative estimate of drug-likeness (QED) is 0.794. The zero-order chi connectivity index (χ0) is 13.3. The molecule has 0 bridgehead atoms. The van der Waals surface area contributed by atoms with E-state index in [9.17, 15) is 4.79 Å². The summed E-state index contributed by atoms with van der Waals surface area (Å²) in [7, 11) is 0. The van der Waals surface area contributed by atoms with Crippen molar-refractivity contribution in [1.82, 2.24) is 4.90 Å². The Kier molecular flexibility index (Phi) is 3.81. The van der Waals surface area contributed by atoms with Gasteiger partial charge >= 0.3 is 0 Å². The number of hydrogen-bond donors (Lipinski definition) is 1. The van der Waals surface area contributed by atoms with Crippen molar-refractivity contribution in [2.45, 2.75) is 32.7 Å². The van der Waals surface area contributed by atoms with Gasteiger partial charge in [0.2, 0.25) is 0 Å². The van der Waals surface area contributed by atoms with Gasteiger partial charge in [-0.05, 0) is 43.9 Å². The predicted molar refractivity (Wildman–Crippen MR) is 74.8 cm³/mol. The van der Waals surface area contributed by atoms with Crippen molar-refractivity contribution in [3.05, 3.63) is 28.8 Å². The van der Waals surface area contributed by atoms with Gasteiger partial charge in [-0.2, -0.15) is 0 Å². The maximum Gasteiger partial charge on any atom is 0.256 e. The second-order valence-corrected chi connectivity index (χ2v) is 5.65. The summed E-state index contributed by atoms with van der Waals surface area (Å²) in [6.07, 6.45) is 2.10. The first-order valence-corrected chi connectivity index (χ1v) is 6.73. The number of likely N-dealkylation sites (tertiary alicyclic amines) is 1. The standard InChI is InChI=1S/C14H19ClN2O/c1-9-5-6-17(10(2)7-9)14(18)12-8-11(15)3-4-13(12)16/h3-4,8-10H,5-7,16H2,1-2H3. The van der Waals surface area contributed by atoms with Crippen LogP contribution < -0.4 is 5.73 Å². The molecule has 0 aliphatic carbocycles. The van der Waals surface area contributed by atoms with Crippen molar-refractivity contribution in [1.29, 1.82) is 0 Å². The Morgan fingerprint density at radius 1 is 1.44 bits per heavy atom. The Bertz CT molecular complexity index is 461. The van der Waals surface area contributed by atoms with Crippen molar-refractivity contribution >= 4 is 23.2 Å². The zero-order valence-corrected chi connectivity index (χ0v) is 11.6. The van der Waals surface area contributed by atoms with Crippen molar-refractivity contribution in [3.8, 4) is 0 Å². The molecular formula is C14H19ClN2O. The third-order valence-corrected chi connectivity index (χ3v) is 3.88. The number of nitrogens with two attached hydrogens (primary N) is 1. The van der Waals surface area contributed by atoms with Crippen LogP contribution in [0.15, 0.2) is 18.2 Å². The fourth-order valence-electron chi connectivity index (χ4n) is 2.58. The molecule has 2 N–H and O–H groups in total. The van der Waals surface area contributed by atoms with Gasteiger partial charge in [-0.15, -0.1) is 0 Å². The highest BCUT2D eigenvalue weighted by Crippen LogP contribution is 2.26. The molecule has 1 amide bonds. The third-order valence-electron chi connectivity index (χ3n) is 3.64. The molecule has 4 heteroatoms. The zero-order valence-electron chi connectivity index (χ0n) is 10.8. The summed E-state index contributed by atoms with van der Waals surface area (Å²) in [5.41, 5.74) is 6.88. The van der Waals surface area contributed by atoms with Crippen LogP contribution in [0.5, 0.6) is 0 Å². The SMILES string of the molecule is CC1CCN(C(=O)c2cc(Cl)ccc2N)C(C)C1. The van der Waals surface area contributed by atoms with Crippen LogP contribution in [0.2, 0.25) is 5.02 Å². The molecule has 0 radical (unpaired) electrons. The lowest BCUT2D eigenvalue weighted by molar-refractivity contribution is 0.0590. The van der Waals surface area contributed by atoms with Gasteiger partial charge in [0.1, 0.15) is 0 Å². The minimum absolute atomic E-state index is 0.00519. The molecule has 2 unspecified atom stereocenters. The molecule has 1 saturated heterocycles. The van der Waals surface area contributed by atoms with Crippen molar-refractivity contribution in [2.75, 3.05) is 12.3 Å². The van der Waals surface area contributed by atoms with Gasteiger partial charge in [0, 0.05) is 23.3 Å². The first-order chi connectivity index (χ1) is 8.49. The van der Waals surface area contributed by atoms with E-state index in [-0.39, 0.29) is 11.9 Å². The van der Waals surface area contributed by atoms with Gasteiger partial charge in [-0.25, -0.2) is 0 Å². The Morgan fingerprint density at radius 3 is 2.83 bits per heavy atom. The number of rotatable bonds is 1. The molecule has 1 heterocycles. The molecule has 2 atom stereocenters. The van der Waals surface area contributed by atoms with E-state index in [0.717, 1.165) is 19.4 Å². The van der Waals surface area contributed by atoms with Gasteiger partial charge in [0.25, 0.3) is 5.91 Å². The van der Waals surface area contributed by atoms with E-state index in [4.69, 9.17) is 17.3 Å². The highest BCUT2D eigenvalue weighted by Gasteiger charge is 2.28. The Labute approximate surface area is 113 Å². The molecule has 18 heavy (non-hydrogen) atoms. The van der Waals surface area contributed by atoms with Gasteiger partial charge < -0.3 is 10.6 Å². The number of nitrogens with zero attached hydrogens (tertiary/aromatic N) is 1. The van der Waals surface area contributed by atoms with Gasteiger partial charge in [-0.1, -0.05) is 18.5 Å². The van der Waals surface area contributed by atoms with Crippen molar-refractivity contribution in [3.63, 3.8) is 0 Å². The van der Waals surface area contributed by atoms with Crippen LogP contribution >= 0.6 is 11.6 Å². The van der Waals surface area contributed by atoms with E-state index >= 15 is 0 Å². The molecule has 1 aromatic carbocycles. The Hall–Kier alpha value is -1.22. The molecule has 0 spiro atoms. The monoisotopic (exact) mass is 266 g/mol. The summed E-state index contributed by atoms with van der Waals surface area (Å²) in [5.74, 6) is 0.676. The summed E-state index contributed by atoms with van der Waals surface area (Å²) in [5, 5.41) is 0.547. The lowest BCUT2D eigenvalue weighted by atomic mass is 9.93. The molecule has 1 aromatic rings. The largest absolute Gasteiger partial charge is 0.398 e. The average Bonchev–Trinajstić information content (AvgIpc) is 2.31. The minimum atomic E-state index is -0.00519. The van der Waals surface area contributed by atoms with Gasteiger partial charge in [0.05, 0.1) is 5.56 Å². The summed E-state index contributed by atoms with van der Waals surface area (Å²) >= 11 is 5.93. The second-order valence-electron chi connectivity index (χ2n) is 5.21. The number of halogens is 1. The number of benzene rings is 1. The predicted octanol–water partition coefficient (Wildman–Crippen LogP) is 3.18. The number of amides is 1. The van der Waals surface area contributed by atoms with E-state index in [1.54, 1.807) is 18.2 Å². The smallest absolute Gasteiger partial charge is 0.256 e. The summed E-state index contributed by atoms with van der Waals surface area (Å²) in [4.78, 5) is 14.4. The summed E-state index contributed by atoms with van der Waals surface area (Å²) in [6.45, 7) is 5.12. The molecule has 1 aliphatic rings. The first kappa shape index (κ1) is 13.2. The van der Waals surface area contributed by atoms with Crippen LogP contribution in [0.1, 0.15) is 37.0 Å². The van der Waals surface area contributed by atoms with Gasteiger partial charge in [0.15, 0.2) is 0 Å². The Balaban J connectivity index is 2.23. The fourth-order valence-corrected chi connectivity index (χ4v) is 2.75. The van der Waals surface area contributed by atoms with Crippen molar-refractivity contribution < 1.29 is 4.79 Å². The minimum Gasteiger partial charge on any atom is -0.398 e. The van der Waals surface area contributed by atoms with E-state index in [2.05, 4.69) is 13.8 Å². The molecular weight excluding hydrogens is 248 g/mol. The summed E-state index contributed by atoms with van der Waals surface area (Å²) in [6, 6.07) is 5.31. The van der Waals surface area contributed by atoms with Crippen LogP contribution in [0, 0.1) is 5.92 Å². The van der Waals surface area contributed by atoms with Crippen LogP contribution in [0.4, 0.5) is 5.69 Å².